The van der Waals surface area contributed by atoms with Crippen molar-refractivity contribution >= 4 is 11.6 Å². The first kappa shape index (κ1) is 16.3. The van der Waals surface area contributed by atoms with Crippen LogP contribution in [-0.4, -0.2) is 37.0 Å². The maximum absolute atomic E-state index is 11.9. The summed E-state index contributed by atoms with van der Waals surface area (Å²) in [5.74, 6) is 0.956. The topological polar surface area (TPSA) is 41.6 Å². The minimum absolute atomic E-state index is 0.112. The SMILES string of the molecule is CCCCN(C)C(=O)CNc1ccc(OC(C)C)cc1. The van der Waals surface area contributed by atoms with Crippen molar-refractivity contribution in [1.29, 1.82) is 0 Å². The first-order valence-electron chi connectivity index (χ1n) is 7.27. The summed E-state index contributed by atoms with van der Waals surface area (Å²) in [5.41, 5.74) is 0.929. The molecule has 0 aliphatic rings. The van der Waals surface area contributed by atoms with Crippen LogP contribution in [0.3, 0.4) is 0 Å². The highest BCUT2D eigenvalue weighted by Crippen LogP contribution is 2.16. The standard InChI is InChI=1S/C16H26N2O2/c1-5-6-11-18(4)16(19)12-17-14-7-9-15(10-8-14)20-13(2)3/h7-10,13,17H,5-6,11-12H2,1-4H3. The molecule has 112 valence electrons. The Morgan fingerprint density at radius 2 is 1.95 bits per heavy atom. The van der Waals surface area contributed by atoms with Crippen LogP contribution in [0.1, 0.15) is 33.6 Å². The van der Waals surface area contributed by atoms with E-state index in [4.69, 9.17) is 4.74 Å². The van der Waals surface area contributed by atoms with Crippen LogP contribution in [0.15, 0.2) is 24.3 Å². The van der Waals surface area contributed by atoms with E-state index in [0.717, 1.165) is 30.8 Å². The van der Waals surface area contributed by atoms with Crippen LogP contribution in [0.5, 0.6) is 5.75 Å². The van der Waals surface area contributed by atoms with Gasteiger partial charge in [0, 0.05) is 19.3 Å². The zero-order valence-electron chi connectivity index (χ0n) is 13.0. The third kappa shape index (κ3) is 5.95. The summed E-state index contributed by atoms with van der Waals surface area (Å²) in [6.45, 7) is 7.26. The molecule has 4 heteroatoms. The molecule has 0 fully saturated rings. The van der Waals surface area contributed by atoms with Gasteiger partial charge in [-0.3, -0.25) is 4.79 Å². The van der Waals surface area contributed by atoms with Crippen molar-refractivity contribution < 1.29 is 9.53 Å². The highest BCUT2D eigenvalue weighted by atomic mass is 16.5. The molecule has 0 aromatic heterocycles. The number of carbonyl (C=O) groups is 1. The molecule has 1 amide bonds. The lowest BCUT2D eigenvalue weighted by Crippen LogP contribution is -2.32. The fourth-order valence-electron chi connectivity index (χ4n) is 1.76. The van der Waals surface area contributed by atoms with Crippen LogP contribution in [-0.2, 0) is 4.79 Å². The number of nitrogens with zero attached hydrogens (tertiary/aromatic N) is 1. The van der Waals surface area contributed by atoms with E-state index >= 15 is 0 Å². The first-order chi connectivity index (χ1) is 9.52. The summed E-state index contributed by atoms with van der Waals surface area (Å²) in [5, 5.41) is 3.14. The Labute approximate surface area is 122 Å². The third-order valence-corrected chi connectivity index (χ3v) is 2.94. The molecule has 0 bridgehead atoms. The second-order valence-corrected chi connectivity index (χ2v) is 5.21. The highest BCUT2D eigenvalue weighted by molar-refractivity contribution is 5.80. The summed E-state index contributed by atoms with van der Waals surface area (Å²) < 4.78 is 5.57. The van der Waals surface area contributed by atoms with Gasteiger partial charge in [-0.25, -0.2) is 0 Å². The number of nitrogens with one attached hydrogen (secondary N) is 1. The molecule has 0 radical (unpaired) electrons. The highest BCUT2D eigenvalue weighted by Gasteiger charge is 2.07. The van der Waals surface area contributed by atoms with Crippen molar-refractivity contribution in [2.75, 3.05) is 25.5 Å². The minimum atomic E-state index is 0.112. The van der Waals surface area contributed by atoms with Crippen LogP contribution in [0.25, 0.3) is 0 Å². The van der Waals surface area contributed by atoms with Gasteiger partial charge < -0.3 is 15.0 Å². The predicted molar refractivity (Wildman–Crippen MR) is 83.2 cm³/mol. The largest absolute Gasteiger partial charge is 0.491 e. The maximum Gasteiger partial charge on any atom is 0.241 e. The fraction of sp³-hybridized carbons (Fsp3) is 0.562. The fourth-order valence-corrected chi connectivity index (χ4v) is 1.76. The Hall–Kier alpha value is -1.71. The lowest BCUT2D eigenvalue weighted by atomic mass is 10.3. The zero-order valence-corrected chi connectivity index (χ0v) is 13.0. The quantitative estimate of drug-likeness (QED) is 0.794. The van der Waals surface area contributed by atoms with Gasteiger partial charge in [-0.15, -0.1) is 0 Å². The molecule has 0 aliphatic heterocycles. The second-order valence-electron chi connectivity index (χ2n) is 5.21. The molecule has 4 nitrogen and oxygen atoms in total. The molecule has 0 spiro atoms. The lowest BCUT2D eigenvalue weighted by molar-refractivity contribution is -0.128. The maximum atomic E-state index is 11.9. The first-order valence-corrected chi connectivity index (χ1v) is 7.27. The van der Waals surface area contributed by atoms with Gasteiger partial charge >= 0.3 is 0 Å². The number of hydrogen-bond donors (Lipinski definition) is 1. The van der Waals surface area contributed by atoms with Crippen molar-refractivity contribution in [3.63, 3.8) is 0 Å². The van der Waals surface area contributed by atoms with Crippen molar-refractivity contribution in [3.8, 4) is 5.75 Å². The third-order valence-electron chi connectivity index (χ3n) is 2.94. The van der Waals surface area contributed by atoms with E-state index in [9.17, 15) is 4.79 Å². The van der Waals surface area contributed by atoms with Gasteiger partial charge in [0.25, 0.3) is 0 Å². The molecule has 0 atom stereocenters. The molecule has 1 rings (SSSR count). The van der Waals surface area contributed by atoms with Gasteiger partial charge in [0.15, 0.2) is 0 Å². The van der Waals surface area contributed by atoms with E-state index in [0.29, 0.717) is 6.54 Å². The molecule has 1 N–H and O–H groups in total. The van der Waals surface area contributed by atoms with Gasteiger partial charge in [-0.2, -0.15) is 0 Å². The predicted octanol–water partition coefficient (Wildman–Crippen LogP) is 3.14. The van der Waals surface area contributed by atoms with Crippen molar-refractivity contribution in [1.82, 2.24) is 4.90 Å². The van der Waals surface area contributed by atoms with Crippen molar-refractivity contribution in [2.24, 2.45) is 0 Å². The van der Waals surface area contributed by atoms with Gasteiger partial charge in [-0.05, 0) is 44.5 Å². The van der Waals surface area contributed by atoms with E-state index in [2.05, 4.69) is 12.2 Å². The van der Waals surface area contributed by atoms with E-state index in [1.54, 1.807) is 4.90 Å². The van der Waals surface area contributed by atoms with E-state index in [-0.39, 0.29) is 12.0 Å². The Morgan fingerprint density at radius 3 is 2.50 bits per heavy atom. The molecular weight excluding hydrogens is 252 g/mol. The monoisotopic (exact) mass is 278 g/mol. The average molecular weight is 278 g/mol. The Kier molecular flexibility index (Phi) is 6.91. The van der Waals surface area contributed by atoms with E-state index in [1.165, 1.54) is 0 Å². The Morgan fingerprint density at radius 1 is 1.30 bits per heavy atom. The summed E-state index contributed by atoms with van der Waals surface area (Å²) in [6, 6.07) is 7.68. The second kappa shape index (κ2) is 8.46. The van der Waals surface area contributed by atoms with Crippen LogP contribution in [0.4, 0.5) is 5.69 Å². The van der Waals surface area contributed by atoms with Gasteiger partial charge in [-0.1, -0.05) is 13.3 Å². The number of unbranched alkanes of at least 4 members (excludes halogenated alkanes) is 1. The summed E-state index contributed by atoms with van der Waals surface area (Å²) in [4.78, 5) is 13.6. The van der Waals surface area contributed by atoms with Crippen LogP contribution >= 0.6 is 0 Å². The smallest absolute Gasteiger partial charge is 0.241 e. The Balaban J connectivity index is 2.39. The molecule has 0 heterocycles. The van der Waals surface area contributed by atoms with E-state index < -0.39 is 0 Å². The molecule has 1 aromatic rings. The summed E-state index contributed by atoms with van der Waals surface area (Å²) in [7, 11) is 1.85. The normalized spacial score (nSPS) is 10.4. The lowest BCUT2D eigenvalue weighted by Gasteiger charge is -2.17. The van der Waals surface area contributed by atoms with Crippen molar-refractivity contribution in [3.05, 3.63) is 24.3 Å². The molecular formula is C16H26N2O2. The van der Waals surface area contributed by atoms with Crippen LogP contribution < -0.4 is 10.1 Å². The summed E-state index contributed by atoms with van der Waals surface area (Å²) in [6.07, 6.45) is 2.31. The zero-order chi connectivity index (χ0) is 15.0. The van der Waals surface area contributed by atoms with Crippen molar-refractivity contribution in [2.45, 2.75) is 39.7 Å². The number of likely N-dealkylation sites (N-methyl/N-ethyl adjacent to an activating group) is 1. The van der Waals surface area contributed by atoms with Gasteiger partial charge in [0.2, 0.25) is 5.91 Å². The molecule has 0 aliphatic carbocycles. The Bertz CT molecular complexity index is 401. The molecule has 0 saturated carbocycles. The number of carbonyl (C=O) groups excluding carboxylic acids is 1. The van der Waals surface area contributed by atoms with Crippen LogP contribution in [0, 0.1) is 0 Å². The number of amides is 1. The van der Waals surface area contributed by atoms with Gasteiger partial charge in [0.1, 0.15) is 5.75 Å². The number of benzene rings is 1. The molecule has 0 unspecified atom stereocenters. The molecule has 1 aromatic carbocycles. The number of hydrogen-bond acceptors (Lipinski definition) is 3. The molecule has 0 saturated heterocycles. The number of rotatable bonds is 8. The number of ether oxygens (including phenoxy) is 1. The van der Waals surface area contributed by atoms with Crippen LogP contribution in [0.2, 0.25) is 0 Å². The molecule has 20 heavy (non-hydrogen) atoms. The summed E-state index contributed by atoms with van der Waals surface area (Å²) >= 11 is 0. The van der Waals surface area contributed by atoms with Gasteiger partial charge in [0.05, 0.1) is 12.6 Å². The average Bonchev–Trinajstić information content (AvgIpc) is 2.43. The number of anilines is 1. The minimum Gasteiger partial charge on any atom is -0.491 e. The van der Waals surface area contributed by atoms with E-state index in [1.807, 2.05) is 45.2 Å².